The van der Waals surface area contributed by atoms with Crippen LogP contribution in [0.1, 0.15) is 38.8 Å². The molecule has 0 atom stereocenters. The molecule has 0 radical (unpaired) electrons. The molecule has 114 valence electrons. The maximum atomic E-state index is 13.2. The van der Waals surface area contributed by atoms with E-state index in [9.17, 15) is 13.2 Å². The van der Waals surface area contributed by atoms with Crippen LogP contribution in [-0.2, 0) is 12.8 Å². The molecular weight excluding hydrogens is 267 g/mol. The lowest BCUT2D eigenvalue weighted by molar-refractivity contribution is -0.137. The van der Waals surface area contributed by atoms with Crippen molar-refractivity contribution in [2.45, 2.75) is 46.5 Å². The molecule has 0 spiro atoms. The monoisotopic (exact) mass is 289 g/mol. The Morgan fingerprint density at radius 2 is 1.75 bits per heavy atom. The Labute approximate surface area is 118 Å². The third kappa shape index (κ3) is 4.13. The fourth-order valence-corrected chi connectivity index (χ4v) is 2.14. The molecule has 0 amide bonds. The average molecular weight is 289 g/mol. The van der Waals surface area contributed by atoms with E-state index < -0.39 is 18.3 Å². The van der Waals surface area contributed by atoms with Crippen LogP contribution < -0.4 is 4.90 Å². The zero-order valence-electron chi connectivity index (χ0n) is 12.3. The Morgan fingerprint density at radius 3 is 2.15 bits per heavy atom. The highest BCUT2D eigenvalue weighted by Gasteiger charge is 2.35. The molecule has 0 saturated heterocycles. The van der Waals surface area contributed by atoms with Gasteiger partial charge in [0.05, 0.1) is 12.2 Å². The summed E-state index contributed by atoms with van der Waals surface area (Å²) in [5.74, 6) is 0.260. The van der Waals surface area contributed by atoms with Gasteiger partial charge in [0.15, 0.2) is 0 Å². The summed E-state index contributed by atoms with van der Waals surface area (Å²) in [4.78, 5) is 1.76. The minimum atomic E-state index is -4.43. The lowest BCUT2D eigenvalue weighted by Crippen LogP contribution is -2.35. The molecule has 0 heterocycles. The smallest absolute Gasteiger partial charge is 0.392 e. The lowest BCUT2D eigenvalue weighted by atomic mass is 10.0. The zero-order chi connectivity index (χ0) is 15.5. The van der Waals surface area contributed by atoms with Crippen molar-refractivity contribution in [2.75, 3.05) is 11.4 Å². The van der Waals surface area contributed by atoms with E-state index in [1.807, 2.05) is 27.7 Å². The molecule has 20 heavy (non-hydrogen) atoms. The van der Waals surface area contributed by atoms with Gasteiger partial charge in [0.2, 0.25) is 0 Å². The van der Waals surface area contributed by atoms with Crippen LogP contribution in [0.15, 0.2) is 18.2 Å². The first kappa shape index (κ1) is 16.8. The Bertz CT molecular complexity index is 441. The largest absolute Gasteiger partial charge is 0.418 e. The molecule has 0 unspecified atom stereocenters. The molecule has 2 nitrogen and oxygen atoms in total. The molecule has 1 rings (SSSR count). The van der Waals surface area contributed by atoms with Gasteiger partial charge in [-0.3, -0.25) is 0 Å². The van der Waals surface area contributed by atoms with Gasteiger partial charge in [-0.25, -0.2) is 0 Å². The molecule has 1 aromatic rings. The number of alkyl halides is 3. The molecule has 1 aromatic carbocycles. The van der Waals surface area contributed by atoms with Gasteiger partial charge in [-0.1, -0.05) is 19.9 Å². The topological polar surface area (TPSA) is 23.5 Å². The number of benzene rings is 1. The summed E-state index contributed by atoms with van der Waals surface area (Å²) in [6, 6.07) is 4.00. The molecule has 0 aliphatic rings. The van der Waals surface area contributed by atoms with Crippen molar-refractivity contribution >= 4 is 5.69 Å². The molecule has 5 heteroatoms. The fourth-order valence-electron chi connectivity index (χ4n) is 2.14. The van der Waals surface area contributed by atoms with Crippen LogP contribution in [0.3, 0.4) is 0 Å². The van der Waals surface area contributed by atoms with Gasteiger partial charge in [0, 0.05) is 18.3 Å². The van der Waals surface area contributed by atoms with Crippen LogP contribution in [0.2, 0.25) is 0 Å². The number of hydrogen-bond donors (Lipinski definition) is 1. The molecule has 0 aliphatic carbocycles. The van der Waals surface area contributed by atoms with Crippen LogP contribution in [0.4, 0.5) is 18.9 Å². The minimum absolute atomic E-state index is 0.0292. The quantitative estimate of drug-likeness (QED) is 0.883. The van der Waals surface area contributed by atoms with E-state index in [2.05, 4.69) is 0 Å². The van der Waals surface area contributed by atoms with Crippen molar-refractivity contribution in [3.8, 4) is 0 Å². The third-order valence-corrected chi connectivity index (χ3v) is 3.04. The molecule has 0 bridgehead atoms. The molecular formula is C15H22F3NO. The highest BCUT2D eigenvalue weighted by Crippen LogP contribution is 2.38. The lowest BCUT2D eigenvalue weighted by Gasteiger charge is -2.33. The predicted octanol–water partition coefficient (Wildman–Crippen LogP) is 4.07. The molecule has 0 aromatic heterocycles. The predicted molar refractivity (Wildman–Crippen MR) is 74.7 cm³/mol. The highest BCUT2D eigenvalue weighted by atomic mass is 19.4. The van der Waals surface area contributed by atoms with Gasteiger partial charge in [-0.2, -0.15) is 13.2 Å². The first-order valence-electron chi connectivity index (χ1n) is 6.74. The van der Waals surface area contributed by atoms with Crippen molar-refractivity contribution in [2.24, 2.45) is 5.92 Å². The Kier molecular flexibility index (Phi) is 5.45. The summed E-state index contributed by atoms with van der Waals surface area (Å²) in [5, 5.41) is 9.03. The van der Waals surface area contributed by atoms with Gasteiger partial charge >= 0.3 is 6.18 Å². The summed E-state index contributed by atoms with van der Waals surface area (Å²) in [6.45, 7) is 7.87. The summed E-state index contributed by atoms with van der Waals surface area (Å²) in [7, 11) is 0. The van der Waals surface area contributed by atoms with Crippen LogP contribution >= 0.6 is 0 Å². The fraction of sp³-hybridized carbons (Fsp3) is 0.600. The highest BCUT2D eigenvalue weighted by molar-refractivity contribution is 5.57. The summed E-state index contributed by atoms with van der Waals surface area (Å²) in [6.07, 6.45) is -4.43. The van der Waals surface area contributed by atoms with Gasteiger partial charge in [-0.15, -0.1) is 0 Å². The molecule has 1 N–H and O–H groups in total. The van der Waals surface area contributed by atoms with E-state index in [1.165, 1.54) is 6.07 Å². The standard InChI is InChI=1S/C15H22F3NO/c1-10(2)8-19(11(3)4)14-6-5-12(9-20)7-13(14)15(16,17)18/h5-7,10-11,20H,8-9H2,1-4H3. The second kappa shape index (κ2) is 6.48. The van der Waals surface area contributed by atoms with Crippen molar-refractivity contribution in [3.63, 3.8) is 0 Å². The first-order valence-corrected chi connectivity index (χ1v) is 6.74. The van der Waals surface area contributed by atoms with E-state index in [0.717, 1.165) is 6.07 Å². The van der Waals surface area contributed by atoms with Crippen molar-refractivity contribution in [1.29, 1.82) is 0 Å². The maximum Gasteiger partial charge on any atom is 0.418 e. The summed E-state index contributed by atoms with van der Waals surface area (Å²) >= 11 is 0. The number of halogens is 3. The number of rotatable bonds is 5. The Balaban J connectivity index is 3.33. The minimum Gasteiger partial charge on any atom is -0.392 e. The number of hydrogen-bond acceptors (Lipinski definition) is 2. The van der Waals surface area contributed by atoms with Crippen LogP contribution in [0, 0.1) is 5.92 Å². The van der Waals surface area contributed by atoms with E-state index in [4.69, 9.17) is 5.11 Å². The van der Waals surface area contributed by atoms with Gasteiger partial charge in [0.1, 0.15) is 0 Å². The van der Waals surface area contributed by atoms with Crippen molar-refractivity contribution in [3.05, 3.63) is 29.3 Å². The molecule has 0 aliphatic heterocycles. The molecule has 0 saturated carbocycles. The van der Waals surface area contributed by atoms with Crippen LogP contribution in [0.25, 0.3) is 0 Å². The van der Waals surface area contributed by atoms with Crippen molar-refractivity contribution in [1.82, 2.24) is 0 Å². The number of aliphatic hydroxyl groups is 1. The SMILES string of the molecule is CC(C)CN(c1ccc(CO)cc1C(F)(F)F)C(C)C. The summed E-state index contributed by atoms with van der Waals surface area (Å²) in [5.41, 5.74) is -0.230. The van der Waals surface area contributed by atoms with Gasteiger partial charge < -0.3 is 10.0 Å². The van der Waals surface area contributed by atoms with Crippen LogP contribution in [0.5, 0.6) is 0 Å². The summed E-state index contributed by atoms with van der Waals surface area (Å²) < 4.78 is 39.7. The Morgan fingerprint density at radius 1 is 1.15 bits per heavy atom. The van der Waals surface area contributed by atoms with E-state index in [-0.39, 0.29) is 23.2 Å². The second-order valence-corrected chi connectivity index (χ2v) is 5.65. The number of aliphatic hydroxyl groups excluding tert-OH is 1. The molecule has 0 fully saturated rings. The van der Waals surface area contributed by atoms with Gasteiger partial charge in [0.25, 0.3) is 0 Å². The zero-order valence-corrected chi connectivity index (χ0v) is 12.3. The van der Waals surface area contributed by atoms with Crippen LogP contribution in [-0.4, -0.2) is 17.7 Å². The normalized spacial score (nSPS) is 12.3. The third-order valence-electron chi connectivity index (χ3n) is 3.04. The maximum absolute atomic E-state index is 13.2. The van der Waals surface area contributed by atoms with E-state index in [0.29, 0.717) is 6.54 Å². The number of anilines is 1. The van der Waals surface area contributed by atoms with E-state index >= 15 is 0 Å². The average Bonchev–Trinajstić information content (AvgIpc) is 2.33. The first-order chi connectivity index (χ1) is 9.16. The van der Waals surface area contributed by atoms with Gasteiger partial charge in [-0.05, 0) is 37.5 Å². The van der Waals surface area contributed by atoms with Crippen molar-refractivity contribution < 1.29 is 18.3 Å². The second-order valence-electron chi connectivity index (χ2n) is 5.65. The number of nitrogens with zero attached hydrogens (tertiary/aromatic N) is 1. The Hall–Kier alpha value is -1.23. The van der Waals surface area contributed by atoms with E-state index in [1.54, 1.807) is 11.0 Å².